The number of hydrogen-bond donors (Lipinski definition) is 2. The smallest absolute Gasteiger partial charge is 0.314 e. The minimum atomic E-state index is -0.301. The van der Waals surface area contributed by atoms with Crippen LogP contribution >= 0.6 is 0 Å². The van der Waals surface area contributed by atoms with E-state index in [1.807, 2.05) is 6.20 Å². The van der Waals surface area contributed by atoms with Crippen molar-refractivity contribution in [2.24, 2.45) is 17.6 Å². The van der Waals surface area contributed by atoms with Crippen molar-refractivity contribution in [3.63, 3.8) is 0 Å². The Morgan fingerprint density at radius 3 is 2.30 bits per heavy atom. The lowest BCUT2D eigenvalue weighted by atomic mass is 9.78. The largest absolute Gasteiger partial charge is 0.351 e. The van der Waals surface area contributed by atoms with Crippen molar-refractivity contribution in [3.05, 3.63) is 29.5 Å². The minimum absolute atomic E-state index is 0.186. The summed E-state index contributed by atoms with van der Waals surface area (Å²) in [6.07, 6.45) is 6.61. The highest BCUT2D eigenvalue weighted by molar-refractivity contribution is 5.82. The third kappa shape index (κ3) is 4.30. The van der Waals surface area contributed by atoms with Crippen molar-refractivity contribution in [3.8, 4) is 0 Å². The number of likely N-dealkylation sites (tertiary alicyclic amines) is 2. The predicted octanol–water partition coefficient (Wildman–Crippen LogP) is 3.39. The zero-order valence-corrected chi connectivity index (χ0v) is 18.1. The fourth-order valence-electron chi connectivity index (χ4n) is 5.27. The van der Waals surface area contributed by atoms with Gasteiger partial charge in [0.1, 0.15) is 0 Å². The lowest BCUT2D eigenvalue weighted by molar-refractivity contribution is -0.133. The maximum Gasteiger partial charge on any atom is 0.314 e. The second-order valence-electron chi connectivity index (χ2n) is 9.16. The second kappa shape index (κ2) is 8.66. The molecule has 0 spiro atoms. The number of benzene rings is 1. The van der Waals surface area contributed by atoms with E-state index in [1.54, 1.807) is 4.90 Å². The number of H-pyrrole nitrogens is 1. The van der Waals surface area contributed by atoms with Gasteiger partial charge in [-0.3, -0.25) is 9.89 Å². The van der Waals surface area contributed by atoms with Crippen LogP contribution in [-0.2, 0) is 4.79 Å². The van der Waals surface area contributed by atoms with E-state index in [1.165, 1.54) is 11.1 Å². The van der Waals surface area contributed by atoms with Gasteiger partial charge in [-0.15, -0.1) is 0 Å². The number of amides is 3. The van der Waals surface area contributed by atoms with Crippen LogP contribution < -0.4 is 5.73 Å². The van der Waals surface area contributed by atoms with Crippen molar-refractivity contribution in [1.29, 1.82) is 0 Å². The Bertz CT molecular complexity index is 907. The van der Waals surface area contributed by atoms with Crippen LogP contribution in [0.1, 0.15) is 56.1 Å². The summed E-state index contributed by atoms with van der Waals surface area (Å²) in [5.74, 6) is 1.76. The molecule has 2 fully saturated rings. The van der Waals surface area contributed by atoms with Gasteiger partial charge in [-0.05, 0) is 67.6 Å². The summed E-state index contributed by atoms with van der Waals surface area (Å²) in [7, 11) is 0. The van der Waals surface area contributed by atoms with Gasteiger partial charge in [-0.1, -0.05) is 13.0 Å². The molecule has 7 nitrogen and oxygen atoms in total. The monoisotopic (exact) mass is 411 g/mol. The Labute approximate surface area is 178 Å². The average molecular weight is 412 g/mol. The van der Waals surface area contributed by atoms with Crippen LogP contribution in [0.15, 0.2) is 18.3 Å². The Kier molecular flexibility index (Phi) is 5.97. The normalized spacial score (nSPS) is 19.9. The molecule has 3 heterocycles. The van der Waals surface area contributed by atoms with Gasteiger partial charge < -0.3 is 15.5 Å². The van der Waals surface area contributed by atoms with E-state index in [-0.39, 0.29) is 17.9 Å². The lowest BCUT2D eigenvalue weighted by Crippen LogP contribution is -2.45. The van der Waals surface area contributed by atoms with E-state index in [9.17, 15) is 9.59 Å². The maximum absolute atomic E-state index is 12.9. The number of aryl methyl sites for hydroxylation is 1. The van der Waals surface area contributed by atoms with E-state index in [0.717, 1.165) is 62.8 Å². The quantitative estimate of drug-likeness (QED) is 0.807. The topological polar surface area (TPSA) is 95.3 Å². The van der Waals surface area contributed by atoms with Crippen molar-refractivity contribution in [2.75, 3.05) is 26.2 Å². The molecule has 3 amide bonds. The molecule has 1 unspecified atom stereocenters. The molecule has 3 N–H and O–H groups in total. The summed E-state index contributed by atoms with van der Waals surface area (Å²) in [4.78, 5) is 28.0. The van der Waals surface area contributed by atoms with Crippen molar-refractivity contribution >= 4 is 22.8 Å². The lowest BCUT2D eigenvalue weighted by Gasteiger charge is -2.40. The molecule has 0 aliphatic carbocycles. The molecular weight excluding hydrogens is 378 g/mol. The molecule has 2 aliphatic heterocycles. The van der Waals surface area contributed by atoms with Gasteiger partial charge in [0.2, 0.25) is 5.91 Å². The molecule has 2 aromatic rings. The molecule has 4 rings (SSSR count). The van der Waals surface area contributed by atoms with Crippen LogP contribution in [0.2, 0.25) is 0 Å². The standard InChI is InChI=1S/C23H33N5O2/c1-15(19-11-16(2)22-20(13-19)14-25-26-22)12-21(29)27-7-3-17(4-8-27)18-5-9-28(10-6-18)23(24)30/h11,13-15,17-18H,3-10,12H2,1-2H3,(H2,24,30)(H,25,26). The number of carbonyl (C=O) groups excluding carboxylic acids is 2. The molecule has 162 valence electrons. The molecule has 0 radical (unpaired) electrons. The number of hydrogen-bond acceptors (Lipinski definition) is 3. The van der Waals surface area contributed by atoms with Crippen molar-refractivity contribution < 1.29 is 9.59 Å². The van der Waals surface area contributed by atoms with Gasteiger partial charge in [0.05, 0.1) is 11.7 Å². The number of fused-ring (bicyclic) bond motifs is 1. The summed E-state index contributed by atoms with van der Waals surface area (Å²) >= 11 is 0. The predicted molar refractivity (Wildman–Crippen MR) is 117 cm³/mol. The highest BCUT2D eigenvalue weighted by Crippen LogP contribution is 2.33. The summed E-state index contributed by atoms with van der Waals surface area (Å²) in [6, 6.07) is 4.02. The minimum Gasteiger partial charge on any atom is -0.351 e. The molecule has 30 heavy (non-hydrogen) atoms. The molecule has 0 bridgehead atoms. The third-order valence-electron chi connectivity index (χ3n) is 7.23. The van der Waals surface area contributed by atoms with Gasteiger partial charge >= 0.3 is 6.03 Å². The number of primary amides is 1. The van der Waals surface area contributed by atoms with E-state index in [4.69, 9.17) is 5.73 Å². The molecular formula is C23H33N5O2. The van der Waals surface area contributed by atoms with Gasteiger partial charge in [0.15, 0.2) is 0 Å². The zero-order chi connectivity index (χ0) is 21.3. The van der Waals surface area contributed by atoms with Crippen LogP contribution in [-0.4, -0.2) is 58.1 Å². The van der Waals surface area contributed by atoms with Gasteiger partial charge in [-0.25, -0.2) is 4.79 Å². The average Bonchev–Trinajstić information content (AvgIpc) is 3.23. The number of rotatable bonds is 4. The molecule has 0 saturated carbocycles. The fraction of sp³-hybridized carbons (Fsp3) is 0.609. The first-order valence-corrected chi connectivity index (χ1v) is 11.2. The van der Waals surface area contributed by atoms with Crippen molar-refractivity contribution in [1.82, 2.24) is 20.0 Å². The van der Waals surface area contributed by atoms with Crippen LogP contribution in [0, 0.1) is 18.8 Å². The number of urea groups is 1. The van der Waals surface area contributed by atoms with E-state index in [0.29, 0.717) is 18.3 Å². The molecule has 1 aromatic carbocycles. The highest BCUT2D eigenvalue weighted by atomic mass is 16.2. The van der Waals surface area contributed by atoms with E-state index >= 15 is 0 Å². The Morgan fingerprint density at radius 2 is 1.70 bits per heavy atom. The second-order valence-corrected chi connectivity index (χ2v) is 9.16. The van der Waals surface area contributed by atoms with Crippen LogP contribution in [0.4, 0.5) is 4.79 Å². The number of aromatic amines is 1. The van der Waals surface area contributed by atoms with Crippen molar-refractivity contribution in [2.45, 2.75) is 51.9 Å². The van der Waals surface area contributed by atoms with E-state index in [2.05, 4.69) is 41.1 Å². The SMILES string of the molecule is Cc1cc(C(C)CC(=O)N2CCC(C3CCN(C(N)=O)CC3)CC2)cc2cn[nH]c12. The van der Waals surface area contributed by atoms with Gasteiger partial charge in [-0.2, -0.15) is 5.10 Å². The Morgan fingerprint density at radius 1 is 1.10 bits per heavy atom. The molecule has 7 heteroatoms. The fourth-order valence-corrected chi connectivity index (χ4v) is 5.27. The molecule has 1 atom stereocenters. The number of carbonyl (C=O) groups is 2. The summed E-state index contributed by atoms with van der Waals surface area (Å²) in [5, 5.41) is 8.27. The first-order valence-electron chi connectivity index (χ1n) is 11.2. The molecule has 1 aromatic heterocycles. The van der Waals surface area contributed by atoms with Crippen LogP contribution in [0.3, 0.4) is 0 Å². The number of aromatic nitrogens is 2. The number of piperidine rings is 2. The number of nitrogens with one attached hydrogen (secondary N) is 1. The van der Waals surface area contributed by atoms with Gasteiger partial charge in [0.25, 0.3) is 0 Å². The Balaban J connectivity index is 1.28. The third-order valence-corrected chi connectivity index (χ3v) is 7.23. The summed E-state index contributed by atoms with van der Waals surface area (Å²) < 4.78 is 0. The highest BCUT2D eigenvalue weighted by Gasteiger charge is 2.31. The maximum atomic E-state index is 12.9. The van der Waals surface area contributed by atoms with Gasteiger partial charge in [0, 0.05) is 38.0 Å². The zero-order valence-electron chi connectivity index (χ0n) is 18.1. The summed E-state index contributed by atoms with van der Waals surface area (Å²) in [5.41, 5.74) is 8.83. The first kappa shape index (κ1) is 20.7. The molecule has 2 saturated heterocycles. The first-order chi connectivity index (χ1) is 14.4. The Hall–Kier alpha value is -2.57. The molecule has 2 aliphatic rings. The number of nitrogens with two attached hydrogens (primary N) is 1. The summed E-state index contributed by atoms with van der Waals surface area (Å²) in [6.45, 7) is 7.47. The number of nitrogens with zero attached hydrogens (tertiary/aromatic N) is 3. The van der Waals surface area contributed by atoms with Crippen LogP contribution in [0.25, 0.3) is 10.9 Å². The van der Waals surface area contributed by atoms with Crippen LogP contribution in [0.5, 0.6) is 0 Å². The van der Waals surface area contributed by atoms with E-state index < -0.39 is 0 Å².